The lowest BCUT2D eigenvalue weighted by Gasteiger charge is -2.23. The first-order chi connectivity index (χ1) is 14.6. The topological polar surface area (TPSA) is 77.1 Å². The smallest absolute Gasteiger partial charge is 0.254 e. The molecule has 1 N–H and O–H groups in total. The van der Waals surface area contributed by atoms with Gasteiger partial charge in [-0.15, -0.1) is 0 Å². The summed E-state index contributed by atoms with van der Waals surface area (Å²) in [6.07, 6.45) is 1.21. The van der Waals surface area contributed by atoms with E-state index in [1.807, 2.05) is 25.1 Å². The zero-order valence-corrected chi connectivity index (χ0v) is 17.1. The van der Waals surface area contributed by atoms with Gasteiger partial charge in [-0.05, 0) is 55.7 Å². The Bertz CT molecular complexity index is 924. The molecule has 7 nitrogen and oxygen atoms in total. The van der Waals surface area contributed by atoms with Gasteiger partial charge in [0.25, 0.3) is 11.8 Å². The maximum Gasteiger partial charge on any atom is 0.254 e. The van der Waals surface area contributed by atoms with Crippen LogP contribution in [0.25, 0.3) is 0 Å². The molecule has 4 rings (SSSR count). The molecule has 7 heteroatoms. The van der Waals surface area contributed by atoms with E-state index in [1.54, 1.807) is 29.2 Å². The van der Waals surface area contributed by atoms with Gasteiger partial charge < -0.3 is 24.4 Å². The molecule has 0 spiro atoms. The fraction of sp³-hybridized carbons (Fsp3) is 0.391. The number of anilines is 1. The molecule has 2 aliphatic rings. The van der Waals surface area contributed by atoms with E-state index >= 15 is 0 Å². The van der Waals surface area contributed by atoms with E-state index in [2.05, 4.69) is 5.32 Å². The van der Waals surface area contributed by atoms with E-state index in [0.29, 0.717) is 49.9 Å². The van der Waals surface area contributed by atoms with E-state index in [-0.39, 0.29) is 11.8 Å². The lowest BCUT2D eigenvalue weighted by atomic mass is 10.1. The van der Waals surface area contributed by atoms with Gasteiger partial charge in [0.15, 0.2) is 11.5 Å². The molecule has 2 aromatic rings. The maximum absolute atomic E-state index is 13.1. The Balaban J connectivity index is 1.45. The molecular formula is C23H26N2O5. The maximum atomic E-state index is 13.1. The van der Waals surface area contributed by atoms with Gasteiger partial charge >= 0.3 is 0 Å². The number of amides is 2. The van der Waals surface area contributed by atoms with Crippen molar-refractivity contribution in [2.45, 2.75) is 32.4 Å². The van der Waals surface area contributed by atoms with Crippen LogP contribution in [0.1, 0.15) is 35.7 Å². The van der Waals surface area contributed by atoms with Crippen LogP contribution in [0.2, 0.25) is 0 Å². The highest BCUT2D eigenvalue weighted by Gasteiger charge is 2.24. The first-order valence-corrected chi connectivity index (χ1v) is 10.3. The van der Waals surface area contributed by atoms with Crippen molar-refractivity contribution in [3.63, 3.8) is 0 Å². The number of rotatable bonds is 6. The molecule has 2 heterocycles. The molecule has 1 atom stereocenters. The molecule has 1 unspecified atom stereocenters. The molecule has 0 aliphatic carbocycles. The van der Waals surface area contributed by atoms with Gasteiger partial charge in [0.05, 0.1) is 0 Å². The van der Waals surface area contributed by atoms with Gasteiger partial charge in [0, 0.05) is 30.9 Å². The Morgan fingerprint density at radius 1 is 1.07 bits per heavy atom. The van der Waals surface area contributed by atoms with Crippen LogP contribution < -0.4 is 14.8 Å². The summed E-state index contributed by atoms with van der Waals surface area (Å²) in [6, 6.07) is 12.8. The standard InChI is InChI=1S/C23H26N2O5/c1-2-25(15-16-8-9-19-21(13-16)30-12-11-29-19)23(27)17-5-3-6-18(14-17)24-22(26)20-7-4-10-28-20/h3,5-6,8-9,13-14,20H,2,4,7,10-12,15H2,1H3,(H,24,26). The Kier molecular flexibility index (Phi) is 6.18. The van der Waals surface area contributed by atoms with Crippen LogP contribution in [0.15, 0.2) is 42.5 Å². The summed E-state index contributed by atoms with van der Waals surface area (Å²) in [6.45, 7) is 4.64. The van der Waals surface area contributed by atoms with Gasteiger partial charge in [0.2, 0.25) is 0 Å². The average Bonchev–Trinajstić information content (AvgIpc) is 3.32. The molecule has 0 bridgehead atoms. The number of benzene rings is 2. The van der Waals surface area contributed by atoms with E-state index in [0.717, 1.165) is 24.2 Å². The Labute approximate surface area is 175 Å². The van der Waals surface area contributed by atoms with Crippen molar-refractivity contribution in [2.75, 3.05) is 31.7 Å². The van der Waals surface area contributed by atoms with Crippen LogP contribution in [0.3, 0.4) is 0 Å². The SMILES string of the molecule is CCN(Cc1ccc2c(c1)OCCO2)C(=O)c1cccc(NC(=O)C2CCCO2)c1. The van der Waals surface area contributed by atoms with Crippen molar-refractivity contribution in [1.82, 2.24) is 4.90 Å². The zero-order chi connectivity index (χ0) is 20.9. The van der Waals surface area contributed by atoms with Gasteiger partial charge in [-0.3, -0.25) is 9.59 Å². The molecule has 0 aromatic heterocycles. The highest BCUT2D eigenvalue weighted by atomic mass is 16.6. The second kappa shape index (κ2) is 9.17. The van der Waals surface area contributed by atoms with Crippen LogP contribution in [0.4, 0.5) is 5.69 Å². The molecule has 0 radical (unpaired) electrons. The van der Waals surface area contributed by atoms with E-state index < -0.39 is 6.10 Å². The van der Waals surface area contributed by atoms with Crippen LogP contribution in [-0.4, -0.2) is 49.2 Å². The van der Waals surface area contributed by atoms with Crippen LogP contribution in [-0.2, 0) is 16.1 Å². The van der Waals surface area contributed by atoms with Crippen LogP contribution in [0, 0.1) is 0 Å². The van der Waals surface area contributed by atoms with Gasteiger partial charge in [-0.1, -0.05) is 12.1 Å². The Morgan fingerprint density at radius 3 is 2.67 bits per heavy atom. The van der Waals surface area contributed by atoms with Crippen molar-refractivity contribution >= 4 is 17.5 Å². The number of carbonyl (C=O) groups is 2. The van der Waals surface area contributed by atoms with E-state index in [9.17, 15) is 9.59 Å². The van der Waals surface area contributed by atoms with Gasteiger partial charge in [0.1, 0.15) is 19.3 Å². The normalized spacial score (nSPS) is 17.4. The third-order valence-corrected chi connectivity index (χ3v) is 5.25. The summed E-state index contributed by atoms with van der Waals surface area (Å²) in [5, 5.41) is 2.85. The molecule has 2 aromatic carbocycles. The average molecular weight is 410 g/mol. The summed E-state index contributed by atoms with van der Waals surface area (Å²) in [5.74, 6) is 1.18. The van der Waals surface area contributed by atoms with E-state index in [1.165, 1.54) is 0 Å². The largest absolute Gasteiger partial charge is 0.486 e. The second-order valence-electron chi connectivity index (χ2n) is 7.37. The van der Waals surface area contributed by atoms with Gasteiger partial charge in [-0.25, -0.2) is 0 Å². The van der Waals surface area contributed by atoms with E-state index in [4.69, 9.17) is 14.2 Å². The number of hydrogen-bond acceptors (Lipinski definition) is 5. The van der Waals surface area contributed by atoms with Crippen LogP contribution >= 0.6 is 0 Å². The molecule has 1 saturated heterocycles. The third-order valence-electron chi connectivity index (χ3n) is 5.25. The molecule has 158 valence electrons. The third kappa shape index (κ3) is 4.57. The Hall–Kier alpha value is -3.06. The number of nitrogens with zero attached hydrogens (tertiary/aromatic N) is 1. The fourth-order valence-electron chi connectivity index (χ4n) is 3.65. The molecule has 30 heavy (non-hydrogen) atoms. The number of ether oxygens (including phenoxy) is 3. The Morgan fingerprint density at radius 2 is 1.90 bits per heavy atom. The predicted octanol–water partition coefficient (Wildman–Crippen LogP) is 3.24. The minimum atomic E-state index is -0.410. The molecule has 0 saturated carbocycles. The quantitative estimate of drug-likeness (QED) is 0.791. The van der Waals surface area contributed by atoms with Crippen molar-refractivity contribution in [1.29, 1.82) is 0 Å². The summed E-state index contributed by atoms with van der Waals surface area (Å²) >= 11 is 0. The number of carbonyl (C=O) groups excluding carboxylic acids is 2. The molecule has 1 fully saturated rings. The second-order valence-corrected chi connectivity index (χ2v) is 7.37. The van der Waals surface area contributed by atoms with Crippen molar-refractivity contribution < 1.29 is 23.8 Å². The number of fused-ring (bicyclic) bond motifs is 1. The minimum Gasteiger partial charge on any atom is -0.486 e. The highest BCUT2D eigenvalue weighted by Crippen LogP contribution is 2.31. The van der Waals surface area contributed by atoms with Crippen molar-refractivity contribution in [2.24, 2.45) is 0 Å². The summed E-state index contributed by atoms with van der Waals surface area (Å²) in [7, 11) is 0. The number of hydrogen-bond donors (Lipinski definition) is 1. The van der Waals surface area contributed by atoms with Gasteiger partial charge in [-0.2, -0.15) is 0 Å². The monoisotopic (exact) mass is 410 g/mol. The first-order valence-electron chi connectivity index (χ1n) is 10.3. The minimum absolute atomic E-state index is 0.0967. The highest BCUT2D eigenvalue weighted by molar-refractivity contribution is 5.98. The van der Waals surface area contributed by atoms with Crippen molar-refractivity contribution in [3.8, 4) is 11.5 Å². The lowest BCUT2D eigenvalue weighted by Crippen LogP contribution is -2.30. The summed E-state index contributed by atoms with van der Waals surface area (Å²) in [5.41, 5.74) is 2.09. The van der Waals surface area contributed by atoms with Crippen molar-refractivity contribution in [3.05, 3.63) is 53.6 Å². The summed E-state index contributed by atoms with van der Waals surface area (Å²) < 4.78 is 16.6. The molecular weight excluding hydrogens is 384 g/mol. The summed E-state index contributed by atoms with van der Waals surface area (Å²) in [4.78, 5) is 27.1. The lowest BCUT2D eigenvalue weighted by molar-refractivity contribution is -0.124. The first kappa shape index (κ1) is 20.2. The zero-order valence-electron chi connectivity index (χ0n) is 17.1. The van der Waals surface area contributed by atoms with Crippen LogP contribution in [0.5, 0.6) is 11.5 Å². The predicted molar refractivity (Wildman–Crippen MR) is 112 cm³/mol. The molecule has 2 amide bonds. The number of nitrogens with one attached hydrogen (secondary N) is 1. The molecule has 2 aliphatic heterocycles. The fourth-order valence-corrected chi connectivity index (χ4v) is 3.65.